The molecule has 1 aliphatic heterocycles. The highest BCUT2D eigenvalue weighted by atomic mass is 28.4. The molecule has 0 bridgehead atoms. The lowest BCUT2D eigenvalue weighted by molar-refractivity contribution is -0.131. The third-order valence-corrected chi connectivity index (χ3v) is 15.7. The van der Waals surface area contributed by atoms with Crippen molar-refractivity contribution in [3.63, 3.8) is 0 Å². The van der Waals surface area contributed by atoms with E-state index in [1.54, 1.807) is 7.11 Å². The zero-order chi connectivity index (χ0) is 26.4. The van der Waals surface area contributed by atoms with Gasteiger partial charge in [-0.15, -0.1) is 0 Å². The first kappa shape index (κ1) is 29.8. The van der Waals surface area contributed by atoms with Crippen molar-refractivity contribution in [2.45, 2.75) is 104 Å². The maximum atomic E-state index is 13.5. The standard InChI is InChI=1S/C28H49NO4Si2/c1-11-12-19-34(7,8)33-18-17-25-26(27(30)29(25)35(9,10)28(3,4)5)22(2)20-32-21-23-13-15-24(31-6)16-14-23/h13-16,25H,11-12,17-21H2,1-10H3/t25-/m1/s1. The molecule has 1 amide bonds. The van der Waals surface area contributed by atoms with Crippen molar-refractivity contribution in [1.29, 1.82) is 0 Å². The smallest absolute Gasteiger partial charge is 0.244 e. The molecule has 1 atom stereocenters. The molecular weight excluding hydrogens is 470 g/mol. The van der Waals surface area contributed by atoms with Crippen molar-refractivity contribution in [3.8, 4) is 5.75 Å². The maximum Gasteiger partial charge on any atom is 0.244 e. The molecule has 35 heavy (non-hydrogen) atoms. The van der Waals surface area contributed by atoms with Gasteiger partial charge in [0.1, 0.15) is 5.75 Å². The van der Waals surface area contributed by atoms with Gasteiger partial charge in [0.05, 0.1) is 26.4 Å². The maximum absolute atomic E-state index is 13.5. The number of β-lactam (4-membered cyclic amide) rings is 1. The van der Waals surface area contributed by atoms with Crippen LogP contribution in [0, 0.1) is 0 Å². The number of carbonyl (C=O) groups excluding carboxylic acids is 1. The second kappa shape index (κ2) is 12.2. The third-order valence-electron chi connectivity index (χ3n) is 7.75. The molecule has 1 heterocycles. The molecule has 2 rings (SSSR count). The Morgan fingerprint density at radius 1 is 1.09 bits per heavy atom. The van der Waals surface area contributed by atoms with Crippen LogP contribution in [0.4, 0.5) is 0 Å². The average Bonchev–Trinajstić information content (AvgIpc) is 2.76. The number of hydrogen-bond donors (Lipinski definition) is 0. The summed E-state index contributed by atoms with van der Waals surface area (Å²) < 4.78 is 19.9. The third kappa shape index (κ3) is 7.54. The Bertz CT molecular complexity index is 872. The Balaban J connectivity index is 2.13. The molecule has 198 valence electrons. The van der Waals surface area contributed by atoms with Crippen molar-refractivity contribution in [2.75, 3.05) is 20.3 Å². The van der Waals surface area contributed by atoms with Gasteiger partial charge in [-0.1, -0.05) is 65.8 Å². The van der Waals surface area contributed by atoms with Crippen LogP contribution in [0.2, 0.25) is 37.3 Å². The number of hydrogen-bond acceptors (Lipinski definition) is 4. The Kier molecular flexibility index (Phi) is 10.4. The van der Waals surface area contributed by atoms with Gasteiger partial charge in [-0.2, -0.15) is 0 Å². The molecule has 7 heteroatoms. The van der Waals surface area contributed by atoms with Crippen LogP contribution in [0.1, 0.15) is 59.4 Å². The van der Waals surface area contributed by atoms with Crippen LogP contribution in [-0.2, 0) is 20.6 Å². The molecular formula is C28H49NO4Si2. The van der Waals surface area contributed by atoms with Crippen molar-refractivity contribution in [2.24, 2.45) is 0 Å². The van der Waals surface area contributed by atoms with Crippen LogP contribution in [-0.4, -0.2) is 53.4 Å². The molecule has 1 saturated heterocycles. The van der Waals surface area contributed by atoms with Crippen LogP contribution in [0.25, 0.3) is 0 Å². The number of unbranched alkanes of at least 4 members (excludes halogenated alkanes) is 1. The summed E-state index contributed by atoms with van der Waals surface area (Å²) in [4.78, 5) is 13.5. The van der Waals surface area contributed by atoms with Crippen LogP contribution < -0.4 is 4.74 Å². The van der Waals surface area contributed by atoms with Gasteiger partial charge in [0.2, 0.25) is 5.91 Å². The van der Waals surface area contributed by atoms with Gasteiger partial charge in [0.25, 0.3) is 0 Å². The molecule has 5 nitrogen and oxygen atoms in total. The van der Waals surface area contributed by atoms with Gasteiger partial charge >= 0.3 is 0 Å². The second-order valence-electron chi connectivity index (χ2n) is 12.0. The fourth-order valence-corrected chi connectivity index (χ4v) is 8.87. The van der Waals surface area contributed by atoms with E-state index in [-0.39, 0.29) is 17.0 Å². The minimum atomic E-state index is -1.99. The van der Waals surface area contributed by atoms with Crippen molar-refractivity contribution in [3.05, 3.63) is 41.0 Å². The molecule has 0 aromatic heterocycles. The van der Waals surface area contributed by atoms with Gasteiger partial charge in [0.15, 0.2) is 16.6 Å². The van der Waals surface area contributed by atoms with Gasteiger partial charge in [0, 0.05) is 12.2 Å². The molecule has 0 N–H and O–H groups in total. The number of ether oxygens (including phenoxy) is 2. The zero-order valence-electron chi connectivity index (χ0n) is 23.9. The van der Waals surface area contributed by atoms with Crippen LogP contribution >= 0.6 is 0 Å². The van der Waals surface area contributed by atoms with Gasteiger partial charge < -0.3 is 18.5 Å². The fraction of sp³-hybridized carbons (Fsp3) is 0.679. The molecule has 1 aliphatic rings. The monoisotopic (exact) mass is 519 g/mol. The Morgan fingerprint density at radius 3 is 2.26 bits per heavy atom. The van der Waals surface area contributed by atoms with Crippen molar-refractivity contribution in [1.82, 2.24) is 4.57 Å². The number of rotatable bonds is 13. The first-order chi connectivity index (χ1) is 16.2. The quantitative estimate of drug-likeness (QED) is 0.158. The van der Waals surface area contributed by atoms with Crippen LogP contribution in [0.5, 0.6) is 5.75 Å². The Hall–Kier alpha value is -1.42. The minimum Gasteiger partial charge on any atom is -0.497 e. The summed E-state index contributed by atoms with van der Waals surface area (Å²) >= 11 is 0. The highest BCUT2D eigenvalue weighted by molar-refractivity contribution is 6.80. The predicted octanol–water partition coefficient (Wildman–Crippen LogP) is 7.16. The molecule has 0 unspecified atom stereocenters. The Labute approximate surface area is 216 Å². The SMILES string of the molecule is CCCC[Si](C)(C)OCC[C@@H]1C(=C(C)COCc2ccc(OC)cc2)C(=O)N1[Si](C)(C)C(C)(C)C. The highest BCUT2D eigenvalue weighted by Crippen LogP contribution is 2.46. The molecule has 1 fully saturated rings. The van der Waals surface area contributed by atoms with E-state index < -0.39 is 16.6 Å². The number of carbonyl (C=O) groups is 1. The van der Waals surface area contributed by atoms with E-state index in [0.717, 1.165) is 35.5 Å². The molecule has 0 saturated carbocycles. The van der Waals surface area contributed by atoms with Gasteiger partial charge in [-0.05, 0) is 60.8 Å². The fourth-order valence-electron chi connectivity index (χ4n) is 4.47. The van der Waals surface area contributed by atoms with Crippen LogP contribution in [0.15, 0.2) is 35.4 Å². The predicted molar refractivity (Wildman–Crippen MR) is 151 cm³/mol. The summed E-state index contributed by atoms with van der Waals surface area (Å²) in [6.07, 6.45) is 3.30. The lowest BCUT2D eigenvalue weighted by atomic mass is 9.91. The van der Waals surface area contributed by atoms with Gasteiger partial charge in [-0.25, -0.2) is 0 Å². The lowest BCUT2D eigenvalue weighted by Crippen LogP contribution is -2.69. The molecule has 0 aliphatic carbocycles. The molecule has 1 aromatic rings. The number of nitrogens with zero attached hydrogens (tertiary/aromatic N) is 1. The summed E-state index contributed by atoms with van der Waals surface area (Å²) in [5.74, 6) is 1.04. The highest BCUT2D eigenvalue weighted by Gasteiger charge is 2.54. The van der Waals surface area contributed by atoms with Crippen molar-refractivity contribution >= 4 is 22.5 Å². The first-order valence-electron chi connectivity index (χ1n) is 13.1. The van der Waals surface area contributed by atoms with E-state index in [2.05, 4.69) is 65.4 Å². The van der Waals surface area contributed by atoms with E-state index in [1.807, 2.05) is 24.3 Å². The molecule has 0 radical (unpaired) electrons. The first-order valence-corrected chi connectivity index (χ1v) is 19.2. The number of amides is 1. The van der Waals surface area contributed by atoms with Gasteiger partial charge in [-0.3, -0.25) is 4.79 Å². The average molecular weight is 520 g/mol. The number of benzene rings is 1. The van der Waals surface area contributed by atoms with Crippen molar-refractivity contribution < 1.29 is 18.7 Å². The Morgan fingerprint density at radius 2 is 1.71 bits per heavy atom. The number of methoxy groups -OCH3 is 1. The second-order valence-corrected chi connectivity index (χ2v) is 21.4. The summed E-state index contributed by atoms with van der Waals surface area (Å²) in [7, 11) is -1.98. The van der Waals surface area contributed by atoms with E-state index in [9.17, 15) is 4.79 Å². The summed E-state index contributed by atoms with van der Waals surface area (Å²) in [5, 5.41) is 0.0984. The summed E-state index contributed by atoms with van der Waals surface area (Å²) in [5.41, 5.74) is 3.09. The zero-order valence-corrected chi connectivity index (χ0v) is 25.9. The molecule has 0 spiro atoms. The largest absolute Gasteiger partial charge is 0.497 e. The van der Waals surface area contributed by atoms with E-state index in [4.69, 9.17) is 13.9 Å². The van der Waals surface area contributed by atoms with E-state index >= 15 is 0 Å². The molecule has 1 aromatic carbocycles. The normalized spacial score (nSPS) is 18.5. The summed E-state index contributed by atoms with van der Waals surface area (Å²) in [6, 6.07) is 9.23. The van der Waals surface area contributed by atoms with E-state index in [1.165, 1.54) is 18.9 Å². The van der Waals surface area contributed by atoms with Crippen LogP contribution in [0.3, 0.4) is 0 Å². The topological polar surface area (TPSA) is 48.0 Å². The van der Waals surface area contributed by atoms with E-state index in [0.29, 0.717) is 13.2 Å². The summed E-state index contributed by atoms with van der Waals surface area (Å²) in [6.45, 7) is 22.1. The minimum absolute atomic E-state index is 0.0984. The lowest BCUT2D eigenvalue weighted by Gasteiger charge is -2.56.